The molecular weight excluding hydrogens is 178 g/mol. The van der Waals surface area contributed by atoms with Crippen LogP contribution in [-0.2, 0) is 0 Å². The van der Waals surface area contributed by atoms with Gasteiger partial charge in [0.2, 0.25) is 0 Å². The third-order valence-corrected chi connectivity index (χ3v) is 3.03. The number of nitrogens with zero attached hydrogens (tertiary/aromatic N) is 1. The van der Waals surface area contributed by atoms with Gasteiger partial charge in [0.15, 0.2) is 0 Å². The molecule has 2 heteroatoms. The van der Waals surface area contributed by atoms with Crippen molar-refractivity contribution in [1.82, 2.24) is 0 Å². The second-order valence-electron chi connectivity index (χ2n) is 2.78. The number of quaternary nitrogens is 1. The van der Waals surface area contributed by atoms with Gasteiger partial charge in [0.1, 0.15) is 5.45 Å². The molecule has 0 amide bonds. The average molecular weight is 195 g/mol. The first-order valence-electron chi connectivity index (χ1n) is 3.58. The van der Waals surface area contributed by atoms with Gasteiger partial charge in [0, 0.05) is 0 Å². The van der Waals surface area contributed by atoms with Crippen molar-refractivity contribution in [2.24, 2.45) is 0 Å². The lowest BCUT2D eigenvalue weighted by Gasteiger charge is -2.30. The summed E-state index contributed by atoms with van der Waals surface area (Å²) in [6.45, 7) is 6.96. The molecule has 0 heterocycles. The van der Waals surface area contributed by atoms with E-state index in [0.29, 0.717) is 0 Å². The molecule has 1 atom stereocenters. The molecule has 0 aromatic rings. The fraction of sp³-hybridized carbons (Fsp3) is 1.00. The van der Waals surface area contributed by atoms with Gasteiger partial charge in [0.25, 0.3) is 0 Å². The van der Waals surface area contributed by atoms with E-state index in [0.717, 1.165) is 9.94 Å². The summed E-state index contributed by atoms with van der Waals surface area (Å²) in [6, 6.07) is 0. The Kier molecular flexibility index (Phi) is 4.50. The minimum absolute atomic E-state index is 1.08. The summed E-state index contributed by atoms with van der Waals surface area (Å²) in [4.78, 5) is 0. The van der Waals surface area contributed by atoms with E-state index < -0.39 is 0 Å². The Balaban J connectivity index is 3.62. The number of alkyl halides is 1. The van der Waals surface area contributed by atoms with Crippen LogP contribution in [0.1, 0.15) is 20.3 Å². The lowest BCUT2D eigenvalue weighted by Crippen LogP contribution is -2.42. The molecule has 0 saturated heterocycles. The SMILES string of the molecule is CCC[N+](C)(CC)CBr. The standard InChI is InChI=1S/C7H17BrN/c1-4-6-9(3,5-2)7-8/h4-7H2,1-3H3/q+1. The van der Waals surface area contributed by atoms with Crippen molar-refractivity contribution in [3.8, 4) is 0 Å². The van der Waals surface area contributed by atoms with E-state index in [1.807, 2.05) is 0 Å². The third kappa shape index (κ3) is 3.21. The Morgan fingerprint density at radius 2 is 1.89 bits per heavy atom. The third-order valence-electron chi connectivity index (χ3n) is 1.82. The van der Waals surface area contributed by atoms with E-state index in [2.05, 4.69) is 36.8 Å². The Bertz CT molecular complexity index is 69.3. The van der Waals surface area contributed by atoms with Crippen molar-refractivity contribution >= 4 is 15.9 Å². The number of hydrogen-bond donors (Lipinski definition) is 0. The molecule has 1 unspecified atom stereocenters. The van der Waals surface area contributed by atoms with Crippen LogP contribution in [0.25, 0.3) is 0 Å². The fourth-order valence-corrected chi connectivity index (χ4v) is 1.45. The molecule has 0 aromatic heterocycles. The molecule has 0 N–H and O–H groups in total. The Morgan fingerprint density at radius 3 is 2.00 bits per heavy atom. The van der Waals surface area contributed by atoms with E-state index in [1.54, 1.807) is 0 Å². The maximum atomic E-state index is 3.51. The van der Waals surface area contributed by atoms with Gasteiger partial charge in [-0.15, -0.1) is 0 Å². The maximum absolute atomic E-state index is 3.51. The molecule has 9 heavy (non-hydrogen) atoms. The molecular formula is C7H17BrN+. The molecule has 0 aromatic carbocycles. The van der Waals surface area contributed by atoms with E-state index in [4.69, 9.17) is 0 Å². The minimum atomic E-state index is 1.08. The Morgan fingerprint density at radius 1 is 1.33 bits per heavy atom. The number of rotatable bonds is 4. The van der Waals surface area contributed by atoms with Gasteiger partial charge < -0.3 is 4.48 Å². The molecule has 1 nitrogen and oxygen atoms in total. The number of halogens is 1. The summed E-state index contributed by atoms with van der Waals surface area (Å²) >= 11 is 3.51. The zero-order valence-corrected chi connectivity index (χ0v) is 8.24. The normalized spacial score (nSPS) is 17.3. The van der Waals surface area contributed by atoms with Crippen LogP contribution in [0.2, 0.25) is 0 Å². The first kappa shape index (κ1) is 9.44. The van der Waals surface area contributed by atoms with Crippen LogP contribution in [0, 0.1) is 0 Å². The van der Waals surface area contributed by atoms with E-state index >= 15 is 0 Å². The summed E-state index contributed by atoms with van der Waals surface area (Å²) in [6.07, 6.45) is 1.27. The molecule has 0 aliphatic heterocycles. The molecule has 0 spiro atoms. The zero-order valence-electron chi connectivity index (χ0n) is 6.65. The van der Waals surface area contributed by atoms with Gasteiger partial charge in [-0.1, -0.05) is 6.92 Å². The van der Waals surface area contributed by atoms with Crippen molar-refractivity contribution in [3.63, 3.8) is 0 Å². The van der Waals surface area contributed by atoms with Crippen LogP contribution in [0.3, 0.4) is 0 Å². The van der Waals surface area contributed by atoms with E-state index in [-0.39, 0.29) is 0 Å². The second-order valence-corrected chi connectivity index (χ2v) is 3.28. The summed E-state index contributed by atoms with van der Waals surface area (Å²) in [5, 5.41) is 0. The minimum Gasteiger partial charge on any atom is -0.317 e. The van der Waals surface area contributed by atoms with Gasteiger partial charge in [-0.2, -0.15) is 0 Å². The average Bonchev–Trinajstić information content (AvgIpc) is 1.89. The van der Waals surface area contributed by atoms with Gasteiger partial charge in [-0.3, -0.25) is 0 Å². The summed E-state index contributed by atoms with van der Waals surface area (Å²) in [7, 11) is 2.28. The monoisotopic (exact) mass is 194 g/mol. The van der Waals surface area contributed by atoms with Crippen molar-refractivity contribution in [1.29, 1.82) is 0 Å². The molecule has 0 bridgehead atoms. The molecule has 0 aliphatic rings. The summed E-state index contributed by atoms with van der Waals surface area (Å²) in [5.74, 6) is 0. The van der Waals surface area contributed by atoms with Crippen molar-refractivity contribution in [2.45, 2.75) is 20.3 Å². The Labute approximate surface area is 66.8 Å². The smallest absolute Gasteiger partial charge is 0.134 e. The zero-order chi connectivity index (χ0) is 7.33. The van der Waals surface area contributed by atoms with Crippen LogP contribution < -0.4 is 0 Å². The van der Waals surface area contributed by atoms with Crippen LogP contribution >= 0.6 is 15.9 Å². The molecule has 0 radical (unpaired) electrons. The summed E-state index contributed by atoms with van der Waals surface area (Å²) < 4.78 is 1.15. The summed E-state index contributed by atoms with van der Waals surface area (Å²) in [5.41, 5.74) is 1.08. The Hall–Kier alpha value is 0.440. The number of hydrogen-bond acceptors (Lipinski definition) is 0. The quantitative estimate of drug-likeness (QED) is 0.366. The van der Waals surface area contributed by atoms with Crippen LogP contribution in [-0.4, -0.2) is 30.1 Å². The lowest BCUT2D eigenvalue weighted by atomic mass is 10.4. The molecule has 0 aliphatic carbocycles. The maximum Gasteiger partial charge on any atom is 0.134 e. The highest BCUT2D eigenvalue weighted by Gasteiger charge is 2.14. The van der Waals surface area contributed by atoms with Crippen molar-refractivity contribution in [2.75, 3.05) is 25.6 Å². The lowest BCUT2D eigenvalue weighted by molar-refractivity contribution is -0.894. The van der Waals surface area contributed by atoms with Gasteiger partial charge >= 0.3 is 0 Å². The highest BCUT2D eigenvalue weighted by molar-refractivity contribution is 9.09. The fourth-order valence-electron chi connectivity index (χ4n) is 0.842. The van der Waals surface area contributed by atoms with Gasteiger partial charge in [-0.25, -0.2) is 0 Å². The van der Waals surface area contributed by atoms with Crippen LogP contribution in [0.15, 0.2) is 0 Å². The molecule has 0 saturated carbocycles. The highest BCUT2D eigenvalue weighted by atomic mass is 79.9. The first-order chi connectivity index (χ1) is 4.18. The topological polar surface area (TPSA) is 0 Å². The van der Waals surface area contributed by atoms with Crippen molar-refractivity contribution < 1.29 is 4.48 Å². The van der Waals surface area contributed by atoms with E-state index in [9.17, 15) is 0 Å². The molecule has 56 valence electrons. The predicted octanol–water partition coefficient (Wildman–Crippen LogP) is 2.22. The van der Waals surface area contributed by atoms with E-state index in [1.165, 1.54) is 19.5 Å². The second kappa shape index (κ2) is 4.29. The molecule has 0 rings (SSSR count). The largest absolute Gasteiger partial charge is 0.317 e. The van der Waals surface area contributed by atoms with Crippen molar-refractivity contribution in [3.05, 3.63) is 0 Å². The van der Waals surface area contributed by atoms with Gasteiger partial charge in [-0.05, 0) is 29.3 Å². The molecule has 0 fully saturated rings. The highest BCUT2D eigenvalue weighted by Crippen LogP contribution is 2.05. The first-order valence-corrected chi connectivity index (χ1v) is 4.70. The van der Waals surface area contributed by atoms with Crippen LogP contribution in [0.5, 0.6) is 0 Å². The van der Waals surface area contributed by atoms with Gasteiger partial charge in [0.05, 0.1) is 20.1 Å². The van der Waals surface area contributed by atoms with Crippen LogP contribution in [0.4, 0.5) is 0 Å². The predicted molar refractivity (Wildman–Crippen MR) is 45.7 cm³/mol.